The summed E-state index contributed by atoms with van der Waals surface area (Å²) >= 11 is 0. The highest BCUT2D eigenvalue weighted by Gasteiger charge is 2.13. The van der Waals surface area contributed by atoms with Crippen molar-refractivity contribution in [3.63, 3.8) is 0 Å². The van der Waals surface area contributed by atoms with Crippen molar-refractivity contribution in [1.82, 2.24) is 10.6 Å². The fraction of sp³-hybridized carbons (Fsp3) is 0.475. The van der Waals surface area contributed by atoms with E-state index in [9.17, 15) is 14.4 Å². The van der Waals surface area contributed by atoms with Gasteiger partial charge in [0.05, 0.1) is 12.7 Å². The van der Waals surface area contributed by atoms with Gasteiger partial charge in [-0.1, -0.05) is 18.2 Å². The molecule has 0 aliphatic heterocycles. The molecule has 0 atom stereocenters. The standard InChI is InChI=1S/C40H58N6O4/c1-50-40(49)37-27-33(12-6-18-45-38(47)35-23-29(8-2-14-41)20-30(24-35)9-3-15-42)22-34(28-37)13-7-19-46-39(48)36-25-31(10-4-16-43)21-32(26-36)11-5-17-44/h20-28H,2-19,41-44H2,1H3,(H,45,47)(H,46,48). The molecule has 0 heterocycles. The maximum atomic E-state index is 13.1. The molecule has 3 aromatic carbocycles. The molecule has 0 aromatic heterocycles. The Balaban J connectivity index is 1.57. The van der Waals surface area contributed by atoms with Crippen molar-refractivity contribution in [2.24, 2.45) is 22.9 Å². The van der Waals surface area contributed by atoms with E-state index in [2.05, 4.69) is 28.8 Å². The Bertz CT molecular complexity index is 1370. The largest absolute Gasteiger partial charge is 0.465 e. The molecule has 3 rings (SSSR count). The van der Waals surface area contributed by atoms with Gasteiger partial charge in [-0.2, -0.15) is 0 Å². The molecule has 0 fully saturated rings. The second-order valence-corrected chi connectivity index (χ2v) is 12.9. The molecule has 10 nitrogen and oxygen atoms in total. The van der Waals surface area contributed by atoms with Crippen LogP contribution in [0.2, 0.25) is 0 Å². The second-order valence-electron chi connectivity index (χ2n) is 12.9. The third kappa shape index (κ3) is 14.0. The zero-order valence-electron chi connectivity index (χ0n) is 29.9. The minimum atomic E-state index is -0.394. The highest BCUT2D eigenvalue weighted by Crippen LogP contribution is 2.18. The summed E-state index contributed by atoms with van der Waals surface area (Å²) in [6.45, 7) is 3.40. The van der Waals surface area contributed by atoms with Gasteiger partial charge in [-0.25, -0.2) is 4.79 Å². The van der Waals surface area contributed by atoms with E-state index in [1.807, 2.05) is 36.4 Å². The van der Waals surface area contributed by atoms with Gasteiger partial charge >= 0.3 is 5.97 Å². The van der Waals surface area contributed by atoms with Crippen molar-refractivity contribution in [3.05, 3.63) is 105 Å². The molecule has 0 bridgehead atoms. The molecule has 3 aromatic rings. The van der Waals surface area contributed by atoms with Crippen LogP contribution >= 0.6 is 0 Å². The van der Waals surface area contributed by atoms with Crippen molar-refractivity contribution in [2.75, 3.05) is 46.4 Å². The first kappa shape index (κ1) is 40.3. The highest BCUT2D eigenvalue weighted by molar-refractivity contribution is 5.95. The van der Waals surface area contributed by atoms with E-state index in [4.69, 9.17) is 27.7 Å². The predicted molar refractivity (Wildman–Crippen MR) is 201 cm³/mol. The Morgan fingerprint density at radius 3 is 1.02 bits per heavy atom. The van der Waals surface area contributed by atoms with E-state index in [-0.39, 0.29) is 11.8 Å². The van der Waals surface area contributed by atoms with E-state index in [1.54, 1.807) is 0 Å². The fourth-order valence-electron chi connectivity index (χ4n) is 6.07. The average Bonchev–Trinajstić information content (AvgIpc) is 3.14. The van der Waals surface area contributed by atoms with Crippen LogP contribution in [0.1, 0.15) is 103 Å². The van der Waals surface area contributed by atoms with Crippen LogP contribution < -0.4 is 33.6 Å². The number of carbonyl (C=O) groups is 3. The van der Waals surface area contributed by atoms with Crippen LogP contribution in [-0.2, 0) is 43.3 Å². The lowest BCUT2D eigenvalue weighted by Gasteiger charge is -2.12. The summed E-state index contributed by atoms with van der Waals surface area (Å²) in [5, 5.41) is 6.12. The van der Waals surface area contributed by atoms with E-state index < -0.39 is 5.97 Å². The molecule has 2 amide bonds. The molecule has 0 saturated heterocycles. The fourth-order valence-corrected chi connectivity index (χ4v) is 6.07. The lowest BCUT2D eigenvalue weighted by Crippen LogP contribution is -2.25. The predicted octanol–water partition coefficient (Wildman–Crippen LogP) is 3.76. The van der Waals surface area contributed by atoms with Gasteiger partial charge in [0.15, 0.2) is 0 Å². The lowest BCUT2D eigenvalue weighted by molar-refractivity contribution is 0.0600. The van der Waals surface area contributed by atoms with Gasteiger partial charge in [-0.3, -0.25) is 9.59 Å². The SMILES string of the molecule is COC(=O)c1cc(CCCNC(=O)c2cc(CCCN)cc(CCCN)c2)cc(CCCNC(=O)c2cc(CCCN)cc(CCCN)c2)c1. The van der Waals surface area contributed by atoms with E-state index >= 15 is 0 Å². The third-order valence-corrected chi connectivity index (χ3v) is 8.64. The van der Waals surface area contributed by atoms with Crippen LogP contribution in [-0.4, -0.2) is 64.2 Å². The van der Waals surface area contributed by atoms with Gasteiger partial charge in [0.2, 0.25) is 0 Å². The normalized spacial score (nSPS) is 11.0. The number of hydrogen-bond acceptors (Lipinski definition) is 8. The van der Waals surface area contributed by atoms with Gasteiger partial charge < -0.3 is 38.3 Å². The first-order valence-corrected chi connectivity index (χ1v) is 18.1. The zero-order chi connectivity index (χ0) is 36.1. The Morgan fingerprint density at radius 2 is 0.740 bits per heavy atom. The number of nitrogens with one attached hydrogen (secondary N) is 2. The monoisotopic (exact) mass is 686 g/mol. The first-order valence-electron chi connectivity index (χ1n) is 18.1. The van der Waals surface area contributed by atoms with Crippen molar-refractivity contribution in [2.45, 2.75) is 77.0 Å². The van der Waals surface area contributed by atoms with E-state index in [1.165, 1.54) is 7.11 Å². The minimum absolute atomic E-state index is 0.103. The van der Waals surface area contributed by atoms with Crippen molar-refractivity contribution in [3.8, 4) is 0 Å². The molecule has 0 aliphatic carbocycles. The number of esters is 1. The van der Waals surface area contributed by atoms with Gasteiger partial charge in [0.1, 0.15) is 0 Å². The van der Waals surface area contributed by atoms with Gasteiger partial charge in [0.25, 0.3) is 11.8 Å². The van der Waals surface area contributed by atoms with Crippen LogP contribution in [0.15, 0.2) is 54.6 Å². The Labute approximate surface area is 298 Å². The summed E-state index contributed by atoms with van der Waals surface area (Å²) in [5.41, 5.74) is 31.1. The van der Waals surface area contributed by atoms with Gasteiger partial charge in [-0.15, -0.1) is 0 Å². The third-order valence-electron chi connectivity index (χ3n) is 8.64. The summed E-state index contributed by atoms with van der Waals surface area (Å²) in [6, 6.07) is 17.9. The molecule has 272 valence electrons. The average molecular weight is 687 g/mol. The minimum Gasteiger partial charge on any atom is -0.465 e. The number of methoxy groups -OCH3 is 1. The summed E-state index contributed by atoms with van der Waals surface area (Å²) < 4.78 is 5.01. The van der Waals surface area contributed by atoms with Crippen LogP contribution in [0.5, 0.6) is 0 Å². The van der Waals surface area contributed by atoms with Crippen molar-refractivity contribution >= 4 is 17.8 Å². The van der Waals surface area contributed by atoms with Gasteiger partial charge in [0, 0.05) is 24.2 Å². The number of nitrogens with two attached hydrogens (primary N) is 4. The summed E-state index contributed by atoms with van der Waals surface area (Å²) in [4.78, 5) is 38.7. The Hall–Kier alpha value is -4.09. The van der Waals surface area contributed by atoms with E-state index in [0.717, 1.165) is 84.7 Å². The van der Waals surface area contributed by atoms with Crippen molar-refractivity contribution in [1.29, 1.82) is 0 Å². The second kappa shape index (κ2) is 22.6. The molecular weight excluding hydrogens is 628 g/mol. The number of carbonyl (C=O) groups excluding carboxylic acids is 3. The van der Waals surface area contributed by atoms with Crippen LogP contribution in [0, 0.1) is 0 Å². The molecule has 10 heteroatoms. The summed E-state index contributed by atoms with van der Waals surface area (Å²) in [5.74, 6) is -0.600. The van der Waals surface area contributed by atoms with E-state index in [0.29, 0.717) is 81.6 Å². The van der Waals surface area contributed by atoms with Crippen LogP contribution in [0.4, 0.5) is 0 Å². The molecule has 0 aliphatic rings. The Morgan fingerprint density at radius 1 is 0.460 bits per heavy atom. The Kier molecular flexibility index (Phi) is 18.2. The highest BCUT2D eigenvalue weighted by atomic mass is 16.5. The lowest BCUT2D eigenvalue weighted by atomic mass is 9.98. The maximum absolute atomic E-state index is 13.1. The van der Waals surface area contributed by atoms with Crippen molar-refractivity contribution < 1.29 is 19.1 Å². The van der Waals surface area contributed by atoms with Crippen LogP contribution in [0.3, 0.4) is 0 Å². The molecule has 0 unspecified atom stereocenters. The topological polar surface area (TPSA) is 189 Å². The number of benzene rings is 3. The number of rotatable bonds is 23. The molecule has 0 spiro atoms. The molecule has 50 heavy (non-hydrogen) atoms. The first-order chi connectivity index (χ1) is 24.3. The molecule has 0 radical (unpaired) electrons. The molecule has 0 saturated carbocycles. The number of amides is 2. The quantitative estimate of drug-likeness (QED) is 0.0642. The number of hydrogen-bond donors (Lipinski definition) is 6. The molecule has 10 N–H and O–H groups in total. The maximum Gasteiger partial charge on any atom is 0.337 e. The number of ether oxygens (including phenoxy) is 1. The summed E-state index contributed by atoms with van der Waals surface area (Å²) in [6.07, 6.45) is 9.56. The van der Waals surface area contributed by atoms with Gasteiger partial charge in [-0.05, 0) is 173 Å². The smallest absolute Gasteiger partial charge is 0.337 e. The zero-order valence-corrected chi connectivity index (χ0v) is 29.9. The number of aryl methyl sites for hydroxylation is 6. The van der Waals surface area contributed by atoms with Crippen LogP contribution in [0.25, 0.3) is 0 Å². The molecular formula is C40H58N6O4. The summed E-state index contributed by atoms with van der Waals surface area (Å²) in [7, 11) is 1.37.